The SMILES string of the molecule is C=C[C@@H]1C[C@]1(NC(=O)[C@@H]1C[C@@H](Oc2ncc(OC)c3c2C=C(Cl)C=CC3)CN1C(=O)[C@@H](Nc1nc(-c2ccccc2OC)cs1)C(C)(C)C)C(=O)NS(=O)(=O)C1CC1. The van der Waals surface area contributed by atoms with E-state index < -0.39 is 68.1 Å². The van der Waals surface area contributed by atoms with Crippen molar-refractivity contribution < 1.29 is 37.0 Å². The number of allylic oxidation sites excluding steroid dienone is 3. The van der Waals surface area contributed by atoms with Gasteiger partial charge in [-0.2, -0.15) is 0 Å². The number of benzene rings is 1. The summed E-state index contributed by atoms with van der Waals surface area (Å²) in [6.45, 7) is 9.54. The summed E-state index contributed by atoms with van der Waals surface area (Å²) >= 11 is 7.82. The maximum absolute atomic E-state index is 14.9. The molecule has 3 heterocycles. The highest BCUT2D eigenvalue weighted by Crippen LogP contribution is 2.46. The first-order valence-electron chi connectivity index (χ1n) is 19.0. The fourth-order valence-corrected chi connectivity index (χ4v) is 9.74. The third-order valence-electron chi connectivity index (χ3n) is 10.9. The van der Waals surface area contributed by atoms with Crippen molar-refractivity contribution in [3.8, 4) is 28.6 Å². The molecule has 2 aromatic heterocycles. The number of para-hydroxylation sites is 1. The van der Waals surface area contributed by atoms with Gasteiger partial charge in [0.1, 0.15) is 35.2 Å². The van der Waals surface area contributed by atoms with Crippen LogP contribution in [0.1, 0.15) is 57.6 Å². The van der Waals surface area contributed by atoms with Gasteiger partial charge in [-0.3, -0.25) is 19.1 Å². The number of hydrogen-bond donors (Lipinski definition) is 3. The molecule has 0 radical (unpaired) electrons. The number of aromatic nitrogens is 2. The maximum atomic E-state index is 14.9. The number of methoxy groups -OCH3 is 2. The van der Waals surface area contributed by atoms with Crippen LogP contribution in [0.25, 0.3) is 17.3 Å². The number of sulfonamides is 1. The second kappa shape index (κ2) is 16.0. The molecule has 1 aliphatic heterocycles. The molecule has 1 saturated heterocycles. The number of halogens is 1. The molecule has 3 aromatic rings. The normalized spacial score (nSPS) is 23.1. The summed E-state index contributed by atoms with van der Waals surface area (Å²) in [4.78, 5) is 53.9. The molecule has 1 aromatic carbocycles. The van der Waals surface area contributed by atoms with E-state index in [4.69, 9.17) is 30.8 Å². The molecule has 4 aliphatic rings. The Bertz CT molecular complexity index is 2300. The number of fused-ring (bicyclic) bond motifs is 1. The summed E-state index contributed by atoms with van der Waals surface area (Å²) < 4.78 is 45.5. The monoisotopic (exact) mass is 850 g/mol. The Kier molecular flexibility index (Phi) is 11.4. The average Bonchev–Trinajstić information content (AvgIpc) is 4.09. The fourth-order valence-electron chi connectivity index (χ4n) is 7.44. The highest BCUT2D eigenvalue weighted by molar-refractivity contribution is 7.91. The summed E-state index contributed by atoms with van der Waals surface area (Å²) in [5, 5.41) is 8.39. The first kappa shape index (κ1) is 41.2. The molecule has 0 bridgehead atoms. The van der Waals surface area contributed by atoms with Crippen molar-refractivity contribution in [1.29, 1.82) is 0 Å². The number of amides is 3. The van der Waals surface area contributed by atoms with Crippen molar-refractivity contribution in [1.82, 2.24) is 24.9 Å². The molecule has 308 valence electrons. The van der Waals surface area contributed by atoms with E-state index in [0.29, 0.717) is 52.2 Å². The van der Waals surface area contributed by atoms with Crippen LogP contribution in [-0.2, 0) is 30.8 Å². The van der Waals surface area contributed by atoms with E-state index >= 15 is 0 Å². The van der Waals surface area contributed by atoms with E-state index in [-0.39, 0.29) is 25.3 Å². The predicted molar refractivity (Wildman–Crippen MR) is 222 cm³/mol. The molecule has 58 heavy (non-hydrogen) atoms. The van der Waals surface area contributed by atoms with Gasteiger partial charge in [0.15, 0.2) is 5.13 Å². The number of carbonyl (C=O) groups is 3. The van der Waals surface area contributed by atoms with Gasteiger partial charge in [-0.25, -0.2) is 18.4 Å². The van der Waals surface area contributed by atoms with Gasteiger partial charge in [-0.1, -0.05) is 56.7 Å². The number of hydrogen-bond acceptors (Lipinski definition) is 12. The minimum atomic E-state index is -3.90. The van der Waals surface area contributed by atoms with Gasteiger partial charge in [-0.15, -0.1) is 17.9 Å². The number of likely N-dealkylation sites (tertiary alicyclic amines) is 1. The quantitative estimate of drug-likeness (QED) is 0.176. The van der Waals surface area contributed by atoms with E-state index in [0.717, 1.165) is 11.1 Å². The second-order valence-corrected chi connectivity index (χ2v) is 19.3. The summed E-state index contributed by atoms with van der Waals surface area (Å²) in [7, 11) is -0.761. The zero-order valence-electron chi connectivity index (χ0n) is 32.9. The lowest BCUT2D eigenvalue weighted by Crippen LogP contribution is -2.58. The molecule has 7 rings (SSSR count). The lowest BCUT2D eigenvalue weighted by Gasteiger charge is -2.35. The molecule has 0 spiro atoms. The lowest BCUT2D eigenvalue weighted by molar-refractivity contribution is -0.141. The van der Waals surface area contributed by atoms with E-state index in [2.05, 4.69) is 26.9 Å². The first-order valence-corrected chi connectivity index (χ1v) is 21.8. The molecule has 3 N–H and O–H groups in total. The van der Waals surface area contributed by atoms with Gasteiger partial charge < -0.3 is 29.7 Å². The summed E-state index contributed by atoms with van der Waals surface area (Å²) in [6, 6.07) is 5.53. The number of pyridine rings is 1. The van der Waals surface area contributed by atoms with Gasteiger partial charge in [0.05, 0.1) is 37.9 Å². The van der Waals surface area contributed by atoms with Crippen molar-refractivity contribution in [3.63, 3.8) is 0 Å². The Morgan fingerprint density at radius 1 is 1.14 bits per heavy atom. The van der Waals surface area contributed by atoms with Gasteiger partial charge in [0.25, 0.3) is 5.91 Å². The molecule has 2 saturated carbocycles. The maximum Gasteiger partial charge on any atom is 0.259 e. The van der Waals surface area contributed by atoms with Crippen LogP contribution in [0.5, 0.6) is 17.4 Å². The van der Waals surface area contributed by atoms with E-state index in [1.807, 2.05) is 56.5 Å². The number of ether oxygens (including phenoxy) is 3. The van der Waals surface area contributed by atoms with Crippen molar-refractivity contribution in [2.75, 3.05) is 26.1 Å². The van der Waals surface area contributed by atoms with E-state index in [1.165, 1.54) is 22.3 Å². The van der Waals surface area contributed by atoms with Crippen molar-refractivity contribution in [2.45, 2.75) is 81.9 Å². The lowest BCUT2D eigenvalue weighted by atomic mass is 9.85. The van der Waals surface area contributed by atoms with Crippen LogP contribution in [0.2, 0.25) is 0 Å². The largest absolute Gasteiger partial charge is 0.496 e. The number of thiazole rings is 1. The zero-order valence-corrected chi connectivity index (χ0v) is 35.3. The Morgan fingerprint density at radius 2 is 1.88 bits per heavy atom. The average molecular weight is 851 g/mol. The third kappa shape index (κ3) is 8.32. The molecule has 17 heteroatoms. The molecule has 0 unspecified atom stereocenters. The molecule has 3 fully saturated rings. The molecule has 3 aliphatic carbocycles. The van der Waals surface area contributed by atoms with Crippen LogP contribution in [0.3, 0.4) is 0 Å². The van der Waals surface area contributed by atoms with E-state index in [1.54, 1.807) is 32.6 Å². The number of nitrogens with zero attached hydrogens (tertiary/aromatic N) is 3. The van der Waals surface area contributed by atoms with E-state index in [9.17, 15) is 22.8 Å². The van der Waals surface area contributed by atoms with Crippen LogP contribution >= 0.6 is 22.9 Å². The van der Waals surface area contributed by atoms with Crippen LogP contribution in [0.15, 0.2) is 65.7 Å². The molecule has 14 nitrogen and oxygen atoms in total. The second-order valence-electron chi connectivity index (χ2n) is 16.0. The molecular weight excluding hydrogens is 804 g/mol. The topological polar surface area (TPSA) is 178 Å². The summed E-state index contributed by atoms with van der Waals surface area (Å²) in [5.41, 5.74) is 0.659. The summed E-state index contributed by atoms with van der Waals surface area (Å²) in [5.74, 6) is -0.902. The Hall–Kier alpha value is -4.93. The fraction of sp³-hybridized carbons (Fsp3) is 0.439. The molecule has 5 atom stereocenters. The van der Waals surface area contributed by atoms with Crippen LogP contribution in [-0.4, -0.2) is 90.7 Å². The van der Waals surface area contributed by atoms with Crippen molar-refractivity contribution in [2.24, 2.45) is 11.3 Å². The van der Waals surface area contributed by atoms with Gasteiger partial charge in [0.2, 0.25) is 27.7 Å². The number of anilines is 1. The minimum absolute atomic E-state index is 0.00612. The number of carbonyl (C=O) groups excluding carboxylic acids is 3. The van der Waals surface area contributed by atoms with Crippen LogP contribution in [0, 0.1) is 11.3 Å². The van der Waals surface area contributed by atoms with Crippen LogP contribution < -0.4 is 29.6 Å². The predicted octanol–water partition coefficient (Wildman–Crippen LogP) is 5.46. The van der Waals surface area contributed by atoms with Crippen molar-refractivity contribution in [3.05, 3.63) is 76.8 Å². The van der Waals surface area contributed by atoms with Gasteiger partial charge in [0, 0.05) is 39.4 Å². The van der Waals surface area contributed by atoms with Gasteiger partial charge >= 0.3 is 0 Å². The van der Waals surface area contributed by atoms with Gasteiger partial charge in [-0.05, 0) is 55.4 Å². The standard InChI is InChI=1S/C41H47ClN6O8S2/c1-7-23-19-41(23,38(51)47-58(52,53)26-15-16-26)46-35(49)31-18-25(56-36-29-17-24(42)11-10-13-27(29)33(55-6)20-43-36)21-48(31)37(50)34(40(2,3)4)45-39-44-30(22-57-39)28-12-8-9-14-32(28)54-5/h7-12,14,17,20,22-23,25-26,31,34H,1,13,15-16,18-19,21H2,2-6H3,(H,44,45)(H,46,49)(H,47,51)/t23-,25-,31+,34-,41-/m1/s1. The number of nitrogens with one attached hydrogen (secondary N) is 3. The zero-order chi connectivity index (χ0) is 41.6. The first-order chi connectivity index (χ1) is 27.6. The Labute approximate surface area is 347 Å². The Balaban J connectivity index is 1.20. The van der Waals surface area contributed by atoms with Crippen LogP contribution in [0.4, 0.5) is 5.13 Å². The highest BCUT2D eigenvalue weighted by atomic mass is 35.5. The Morgan fingerprint density at radius 3 is 2.55 bits per heavy atom. The molecule has 3 amide bonds. The number of rotatable bonds is 14. The third-order valence-corrected chi connectivity index (χ3v) is 13.7. The highest BCUT2D eigenvalue weighted by Gasteiger charge is 2.62. The summed E-state index contributed by atoms with van der Waals surface area (Å²) in [6.07, 6.45) is 9.41. The molecular formula is C41H47ClN6O8S2. The van der Waals surface area contributed by atoms with Crippen molar-refractivity contribution >= 4 is 61.9 Å². The smallest absolute Gasteiger partial charge is 0.259 e. The minimum Gasteiger partial charge on any atom is -0.496 e.